The maximum Gasteiger partial charge on any atom is 0.258 e. The van der Waals surface area contributed by atoms with Crippen molar-refractivity contribution in [3.05, 3.63) is 77.1 Å². The lowest BCUT2D eigenvalue weighted by molar-refractivity contribution is -0.134. The Labute approximate surface area is 364 Å². The standard InChI is InChI=1S/C47H54F2N10O4/c1-27-17-31-19-40(51-27)36-23-50-56(2)46(36)63-26-30-4-3-29(18-30)25-59-41-22-34(5-7-39(41)53-47(59)55-44(31)61)58-15-9-28(10-16-58)24-57-13-11-32(12-14-57)52-33-20-37(48)43(38(49)21-33)35-6-8-42(60)54-45(35)62/h5,7,17,19-23,28-30,32,35,52H,3-4,6,8-16,18,24-26H2,1-2H3,(H,53,55,61)(H,54,60,62)/t29-,30+,35-/m1/s1. The maximum atomic E-state index is 15.1. The number of amides is 3. The number of halogens is 2. The summed E-state index contributed by atoms with van der Waals surface area (Å²) in [4.78, 5) is 52.5. The molecule has 0 unspecified atom stereocenters. The number of hydrogen-bond donors (Lipinski definition) is 3. The van der Waals surface area contributed by atoms with E-state index in [0.29, 0.717) is 53.1 Å². The van der Waals surface area contributed by atoms with Gasteiger partial charge in [0, 0.05) is 87.0 Å². The van der Waals surface area contributed by atoms with Crippen molar-refractivity contribution in [3.8, 4) is 17.1 Å². The first-order chi connectivity index (χ1) is 30.5. The van der Waals surface area contributed by atoms with E-state index in [-0.39, 0.29) is 30.4 Å². The van der Waals surface area contributed by atoms with Gasteiger partial charge in [-0.3, -0.25) is 30.0 Å². The van der Waals surface area contributed by atoms with Crippen molar-refractivity contribution in [2.24, 2.45) is 24.8 Å². The van der Waals surface area contributed by atoms with E-state index in [9.17, 15) is 14.4 Å². The number of aryl methyl sites for hydroxylation is 2. The summed E-state index contributed by atoms with van der Waals surface area (Å²) in [5, 5.41) is 13.2. The lowest BCUT2D eigenvalue weighted by Gasteiger charge is -2.38. The number of pyridine rings is 1. The van der Waals surface area contributed by atoms with E-state index in [1.807, 2.05) is 14.0 Å². The number of nitrogens with zero attached hydrogens (tertiary/aromatic N) is 7. The number of carbonyl (C=O) groups is 3. The van der Waals surface area contributed by atoms with Crippen LogP contribution in [0, 0.1) is 36.3 Å². The number of benzene rings is 2. The number of carbonyl (C=O) groups excluding carboxylic acids is 3. The largest absolute Gasteiger partial charge is 0.477 e. The first-order valence-electron chi connectivity index (χ1n) is 22.5. The van der Waals surface area contributed by atoms with E-state index in [4.69, 9.17) is 14.7 Å². The van der Waals surface area contributed by atoms with Crippen molar-refractivity contribution in [2.45, 2.75) is 83.2 Å². The van der Waals surface area contributed by atoms with Gasteiger partial charge in [-0.15, -0.1) is 0 Å². The molecule has 14 nitrogen and oxygen atoms in total. The van der Waals surface area contributed by atoms with E-state index in [0.717, 1.165) is 112 Å². The number of piperidine rings is 3. The predicted molar refractivity (Wildman–Crippen MR) is 235 cm³/mol. The van der Waals surface area contributed by atoms with Gasteiger partial charge in [0.2, 0.25) is 23.6 Å². The van der Waals surface area contributed by atoms with Gasteiger partial charge in [0.05, 0.1) is 41.0 Å². The van der Waals surface area contributed by atoms with Crippen molar-refractivity contribution in [2.75, 3.05) is 54.9 Å². The van der Waals surface area contributed by atoms with Crippen LogP contribution in [-0.4, -0.2) is 92.3 Å². The highest BCUT2D eigenvalue weighted by Crippen LogP contribution is 2.38. The third-order valence-electron chi connectivity index (χ3n) is 14.0. The highest BCUT2D eigenvalue weighted by molar-refractivity contribution is 6.05. The van der Waals surface area contributed by atoms with Crippen LogP contribution < -0.4 is 25.6 Å². The molecule has 3 amide bonds. The highest BCUT2D eigenvalue weighted by atomic mass is 19.1. The summed E-state index contributed by atoms with van der Waals surface area (Å²) in [6, 6.07) is 12.7. The van der Waals surface area contributed by atoms with Gasteiger partial charge in [0.25, 0.3) is 5.91 Å². The van der Waals surface area contributed by atoms with Gasteiger partial charge < -0.3 is 24.4 Å². The Hall–Kier alpha value is -5.90. The fourth-order valence-electron chi connectivity index (χ4n) is 10.6. The van der Waals surface area contributed by atoms with Crippen LogP contribution in [0.5, 0.6) is 5.88 Å². The van der Waals surface area contributed by atoms with Crippen molar-refractivity contribution in [1.29, 1.82) is 0 Å². The van der Waals surface area contributed by atoms with Gasteiger partial charge in [-0.2, -0.15) is 5.10 Å². The van der Waals surface area contributed by atoms with Gasteiger partial charge in [-0.05, 0) is 119 Å². The molecule has 10 rings (SSSR count). The Kier molecular flexibility index (Phi) is 11.1. The lowest BCUT2D eigenvalue weighted by Crippen LogP contribution is -2.43. The van der Waals surface area contributed by atoms with Gasteiger partial charge in [-0.1, -0.05) is 0 Å². The summed E-state index contributed by atoms with van der Waals surface area (Å²) >= 11 is 0. The fraction of sp³-hybridized carbons (Fsp3) is 0.489. The summed E-state index contributed by atoms with van der Waals surface area (Å²) < 4.78 is 40.7. The number of imide groups is 1. The van der Waals surface area contributed by atoms with Crippen LogP contribution in [0.2, 0.25) is 0 Å². The summed E-state index contributed by atoms with van der Waals surface area (Å²) in [7, 11) is 1.87. The van der Waals surface area contributed by atoms with Crippen molar-refractivity contribution >= 4 is 46.1 Å². The minimum atomic E-state index is -1.01. The summed E-state index contributed by atoms with van der Waals surface area (Å²) in [6.45, 7) is 7.96. The molecule has 0 radical (unpaired) electrons. The molecule has 3 aromatic heterocycles. The maximum absolute atomic E-state index is 15.1. The molecule has 5 aliphatic rings. The molecule has 3 saturated heterocycles. The fourth-order valence-corrected chi connectivity index (χ4v) is 10.6. The van der Waals surface area contributed by atoms with Gasteiger partial charge >= 0.3 is 0 Å². The molecule has 4 bridgehead atoms. The highest BCUT2D eigenvalue weighted by Gasteiger charge is 2.34. The van der Waals surface area contributed by atoms with Crippen LogP contribution in [0.15, 0.2) is 48.7 Å². The summed E-state index contributed by atoms with van der Waals surface area (Å²) in [6.07, 6.45) is 8.94. The molecule has 3 N–H and O–H groups in total. The molecule has 1 aliphatic carbocycles. The topological polar surface area (TPSA) is 152 Å². The first kappa shape index (κ1) is 41.1. The van der Waals surface area contributed by atoms with Crippen molar-refractivity contribution < 1.29 is 27.9 Å². The SMILES string of the molecule is Cc1cc2cc(n1)-c1cnn(C)c1OC[C@H]1CC[C@H](C1)Cn1c(nc3ccc(N4CCC(CN5CCC(Nc6cc(F)c([C@H]7CCC(=O)NC7=O)c(F)c6)CC5)CC4)cc31)NC2=O. The number of hydrogen-bond acceptors (Lipinski definition) is 10. The third-order valence-corrected chi connectivity index (χ3v) is 14.0. The van der Waals surface area contributed by atoms with Crippen molar-refractivity contribution in [3.63, 3.8) is 0 Å². The van der Waals surface area contributed by atoms with E-state index >= 15 is 8.78 Å². The van der Waals surface area contributed by atoms with Crippen LogP contribution in [0.25, 0.3) is 22.3 Å². The average Bonchev–Trinajstić information content (AvgIpc) is 3.97. The lowest BCUT2D eigenvalue weighted by atomic mass is 9.89. The molecule has 0 spiro atoms. The van der Waals surface area contributed by atoms with E-state index < -0.39 is 29.4 Å². The zero-order valence-electron chi connectivity index (χ0n) is 35.8. The van der Waals surface area contributed by atoms with Crippen molar-refractivity contribution in [1.82, 2.24) is 34.5 Å². The molecule has 7 heterocycles. The molecule has 1 saturated carbocycles. The monoisotopic (exact) mass is 860 g/mol. The minimum Gasteiger partial charge on any atom is -0.477 e. The third kappa shape index (κ3) is 8.49. The van der Waals surface area contributed by atoms with Crippen LogP contribution in [0.4, 0.5) is 26.1 Å². The number of aromatic nitrogens is 5. The van der Waals surface area contributed by atoms with E-state index in [1.54, 1.807) is 23.0 Å². The zero-order valence-corrected chi connectivity index (χ0v) is 35.8. The number of likely N-dealkylation sites (tertiary alicyclic amines) is 1. The van der Waals surface area contributed by atoms with Crippen LogP contribution in [-0.2, 0) is 23.2 Å². The van der Waals surface area contributed by atoms with Crippen LogP contribution in [0.1, 0.15) is 85.3 Å². The Morgan fingerprint density at radius 1 is 0.873 bits per heavy atom. The van der Waals surface area contributed by atoms with Crippen LogP contribution in [0.3, 0.4) is 0 Å². The first-order valence-corrected chi connectivity index (χ1v) is 22.5. The molecule has 4 fully saturated rings. The summed E-state index contributed by atoms with van der Waals surface area (Å²) in [5.41, 5.74) is 5.76. The Bertz CT molecular complexity index is 2550. The van der Waals surface area contributed by atoms with Gasteiger partial charge in [0.1, 0.15) is 11.6 Å². The molecule has 4 aliphatic heterocycles. The number of nitrogens with one attached hydrogen (secondary N) is 3. The second-order valence-electron chi connectivity index (χ2n) is 18.4. The normalized spacial score (nSPS) is 22.8. The second kappa shape index (κ2) is 17.0. The minimum absolute atomic E-state index is 0.0586. The molecule has 3 atom stereocenters. The Morgan fingerprint density at radius 2 is 1.65 bits per heavy atom. The molecular weight excluding hydrogens is 807 g/mol. The second-order valence-corrected chi connectivity index (χ2v) is 18.4. The number of ether oxygens (including phenoxy) is 1. The average molecular weight is 861 g/mol. The van der Waals surface area contributed by atoms with E-state index in [1.165, 1.54) is 12.1 Å². The molecular formula is C47H54F2N10O4. The number of rotatable bonds is 6. The molecule has 63 heavy (non-hydrogen) atoms. The Morgan fingerprint density at radius 3 is 2.43 bits per heavy atom. The van der Waals surface area contributed by atoms with Gasteiger partial charge in [-0.25, -0.2) is 18.4 Å². The summed E-state index contributed by atoms with van der Waals surface area (Å²) in [5.74, 6) is -1.25. The van der Waals surface area contributed by atoms with Gasteiger partial charge in [0.15, 0.2) is 0 Å². The van der Waals surface area contributed by atoms with Crippen LogP contribution >= 0.6 is 0 Å². The number of anilines is 3. The molecule has 2 aromatic carbocycles. The Balaban J connectivity index is 0.778. The van der Waals surface area contributed by atoms with E-state index in [2.05, 4.69) is 53.6 Å². The smallest absolute Gasteiger partial charge is 0.258 e. The molecule has 5 aromatic rings. The quantitative estimate of drug-likeness (QED) is 0.156. The zero-order chi connectivity index (χ0) is 43.4. The number of imidazole rings is 1. The predicted octanol–water partition coefficient (Wildman–Crippen LogP) is 6.79. The molecule has 16 heteroatoms. The molecule has 330 valence electrons. The number of fused-ring (bicyclic) bond motifs is 9.